The number of nitrogens with zero attached hydrogens (tertiary/aromatic N) is 1. The number of carbonyl (C=O) groups excluding carboxylic acids is 1. The molecule has 1 aliphatic carbocycles. The Morgan fingerprint density at radius 2 is 1.96 bits per heavy atom. The highest BCUT2D eigenvalue weighted by Crippen LogP contribution is 2.21. The lowest BCUT2D eigenvalue weighted by molar-refractivity contribution is 0.234. The van der Waals surface area contributed by atoms with Crippen LogP contribution in [0.5, 0.6) is 0 Å². The highest BCUT2D eigenvalue weighted by Gasteiger charge is 2.23. The minimum Gasteiger partial charge on any atom is -0.361 e. The average Bonchev–Trinajstić information content (AvgIpc) is 3.04. The Bertz CT molecular complexity index is 664. The Balaban J connectivity index is 1.50. The van der Waals surface area contributed by atoms with Crippen molar-refractivity contribution in [2.24, 2.45) is 0 Å². The van der Waals surface area contributed by atoms with Gasteiger partial charge in [-0.15, -0.1) is 0 Å². The SMILES string of the molecule is Cc1noc(C)c1CC(C)NC(=O)NC1Cc2ccccc2C1. The summed E-state index contributed by atoms with van der Waals surface area (Å²) >= 11 is 0. The number of amides is 2. The third kappa shape index (κ3) is 3.55. The average molecular weight is 313 g/mol. The van der Waals surface area contributed by atoms with Crippen LogP contribution in [0.15, 0.2) is 28.8 Å². The summed E-state index contributed by atoms with van der Waals surface area (Å²) in [5, 5.41) is 10.0. The third-order valence-electron chi connectivity index (χ3n) is 4.46. The van der Waals surface area contributed by atoms with Gasteiger partial charge in [0.05, 0.1) is 5.69 Å². The zero-order chi connectivity index (χ0) is 16.4. The monoisotopic (exact) mass is 313 g/mol. The van der Waals surface area contributed by atoms with Crippen molar-refractivity contribution in [2.75, 3.05) is 0 Å². The highest BCUT2D eigenvalue weighted by molar-refractivity contribution is 5.74. The fourth-order valence-corrected chi connectivity index (χ4v) is 3.26. The van der Waals surface area contributed by atoms with Gasteiger partial charge in [0.1, 0.15) is 5.76 Å². The van der Waals surface area contributed by atoms with Gasteiger partial charge >= 0.3 is 6.03 Å². The standard InChI is InChI=1S/C18H23N3O2/c1-11(8-17-12(2)21-23-13(17)3)19-18(22)20-16-9-14-6-4-5-7-15(14)10-16/h4-7,11,16H,8-10H2,1-3H3,(H2,19,20,22). The molecule has 0 spiro atoms. The summed E-state index contributed by atoms with van der Waals surface area (Å²) < 4.78 is 5.17. The van der Waals surface area contributed by atoms with Crippen LogP contribution in [0.3, 0.4) is 0 Å². The molecule has 5 nitrogen and oxygen atoms in total. The second-order valence-electron chi connectivity index (χ2n) is 6.40. The summed E-state index contributed by atoms with van der Waals surface area (Å²) in [6, 6.07) is 8.46. The molecule has 1 aliphatic rings. The number of nitrogens with one attached hydrogen (secondary N) is 2. The van der Waals surface area contributed by atoms with Crippen molar-refractivity contribution in [3.8, 4) is 0 Å². The molecule has 2 N–H and O–H groups in total. The molecule has 1 aromatic carbocycles. The molecule has 0 fully saturated rings. The van der Waals surface area contributed by atoms with Crippen LogP contribution in [0.1, 0.15) is 35.1 Å². The van der Waals surface area contributed by atoms with E-state index in [1.807, 2.05) is 32.9 Å². The zero-order valence-corrected chi connectivity index (χ0v) is 13.8. The van der Waals surface area contributed by atoms with Crippen molar-refractivity contribution in [1.29, 1.82) is 0 Å². The minimum atomic E-state index is -0.109. The van der Waals surface area contributed by atoms with Crippen molar-refractivity contribution >= 4 is 6.03 Å². The lowest BCUT2D eigenvalue weighted by atomic mass is 10.1. The van der Waals surface area contributed by atoms with Crippen LogP contribution >= 0.6 is 0 Å². The van der Waals surface area contributed by atoms with Gasteiger partial charge in [0.15, 0.2) is 0 Å². The third-order valence-corrected chi connectivity index (χ3v) is 4.46. The van der Waals surface area contributed by atoms with E-state index in [-0.39, 0.29) is 18.1 Å². The maximum atomic E-state index is 12.2. The molecule has 23 heavy (non-hydrogen) atoms. The van der Waals surface area contributed by atoms with Gasteiger partial charge in [0, 0.05) is 17.6 Å². The zero-order valence-electron chi connectivity index (χ0n) is 13.8. The fourth-order valence-electron chi connectivity index (χ4n) is 3.26. The number of aryl methyl sites for hydroxylation is 2. The number of rotatable bonds is 4. The van der Waals surface area contributed by atoms with E-state index in [0.29, 0.717) is 0 Å². The van der Waals surface area contributed by atoms with Crippen LogP contribution in [-0.4, -0.2) is 23.3 Å². The van der Waals surface area contributed by atoms with E-state index in [1.54, 1.807) is 0 Å². The van der Waals surface area contributed by atoms with E-state index in [0.717, 1.165) is 36.3 Å². The normalized spacial score (nSPS) is 15.3. The summed E-state index contributed by atoms with van der Waals surface area (Å²) in [6.45, 7) is 5.82. The molecule has 0 radical (unpaired) electrons. The molecule has 3 rings (SSSR count). The first kappa shape index (κ1) is 15.6. The molecule has 0 bridgehead atoms. The van der Waals surface area contributed by atoms with E-state index in [1.165, 1.54) is 11.1 Å². The summed E-state index contributed by atoms with van der Waals surface area (Å²) in [5.74, 6) is 0.822. The van der Waals surface area contributed by atoms with Crippen LogP contribution < -0.4 is 10.6 Å². The summed E-state index contributed by atoms with van der Waals surface area (Å²) in [6.07, 6.45) is 2.53. The molecule has 122 valence electrons. The van der Waals surface area contributed by atoms with Crippen LogP contribution in [-0.2, 0) is 19.3 Å². The number of urea groups is 1. The van der Waals surface area contributed by atoms with Crippen LogP contribution in [0.4, 0.5) is 4.79 Å². The summed E-state index contributed by atoms with van der Waals surface area (Å²) in [5.41, 5.74) is 4.64. The molecule has 0 saturated carbocycles. The molecule has 0 aliphatic heterocycles. The Hall–Kier alpha value is -2.30. The first-order valence-corrected chi connectivity index (χ1v) is 8.08. The fraction of sp³-hybridized carbons (Fsp3) is 0.444. The molecular formula is C18H23N3O2. The van der Waals surface area contributed by atoms with E-state index >= 15 is 0 Å². The van der Waals surface area contributed by atoms with E-state index < -0.39 is 0 Å². The number of benzene rings is 1. The molecule has 1 heterocycles. The van der Waals surface area contributed by atoms with Gasteiger partial charge in [-0.2, -0.15) is 0 Å². The predicted molar refractivity (Wildman–Crippen MR) is 88.4 cm³/mol. The smallest absolute Gasteiger partial charge is 0.315 e. The summed E-state index contributed by atoms with van der Waals surface area (Å²) in [4.78, 5) is 12.2. The molecular weight excluding hydrogens is 290 g/mol. The van der Waals surface area contributed by atoms with Gasteiger partial charge in [0.2, 0.25) is 0 Å². The molecule has 1 aromatic heterocycles. The van der Waals surface area contributed by atoms with Crippen molar-refractivity contribution in [3.63, 3.8) is 0 Å². The van der Waals surface area contributed by atoms with Gasteiger partial charge in [0.25, 0.3) is 0 Å². The minimum absolute atomic E-state index is 0.0237. The number of carbonyl (C=O) groups is 1. The maximum Gasteiger partial charge on any atom is 0.315 e. The first-order chi connectivity index (χ1) is 11.0. The van der Waals surface area contributed by atoms with Crippen molar-refractivity contribution in [3.05, 3.63) is 52.4 Å². The molecule has 5 heteroatoms. The largest absolute Gasteiger partial charge is 0.361 e. The molecule has 1 atom stereocenters. The van der Waals surface area contributed by atoms with Gasteiger partial charge in [-0.25, -0.2) is 4.79 Å². The van der Waals surface area contributed by atoms with Crippen molar-refractivity contribution in [1.82, 2.24) is 15.8 Å². The number of fused-ring (bicyclic) bond motifs is 1. The van der Waals surface area contributed by atoms with E-state index in [4.69, 9.17) is 4.52 Å². The Kier molecular flexibility index (Phi) is 4.37. The predicted octanol–water partition coefficient (Wildman–Crippen LogP) is 2.69. The van der Waals surface area contributed by atoms with Crippen LogP contribution in [0.25, 0.3) is 0 Å². The molecule has 1 unspecified atom stereocenters. The first-order valence-electron chi connectivity index (χ1n) is 8.08. The Morgan fingerprint density at radius 1 is 1.30 bits per heavy atom. The number of aromatic nitrogens is 1. The number of hydrogen-bond acceptors (Lipinski definition) is 3. The maximum absolute atomic E-state index is 12.2. The number of hydrogen-bond donors (Lipinski definition) is 2. The lowest BCUT2D eigenvalue weighted by Crippen LogP contribution is -2.46. The van der Waals surface area contributed by atoms with Gasteiger partial charge < -0.3 is 15.2 Å². The molecule has 2 aromatic rings. The van der Waals surface area contributed by atoms with Crippen LogP contribution in [0.2, 0.25) is 0 Å². The van der Waals surface area contributed by atoms with Crippen molar-refractivity contribution < 1.29 is 9.32 Å². The van der Waals surface area contributed by atoms with E-state index in [9.17, 15) is 4.79 Å². The molecule has 0 saturated heterocycles. The van der Waals surface area contributed by atoms with Crippen LogP contribution in [0, 0.1) is 13.8 Å². The molecule has 2 amide bonds. The van der Waals surface area contributed by atoms with Crippen molar-refractivity contribution in [2.45, 2.75) is 52.1 Å². The van der Waals surface area contributed by atoms with Gasteiger partial charge in [-0.1, -0.05) is 29.4 Å². The quantitative estimate of drug-likeness (QED) is 0.912. The van der Waals surface area contributed by atoms with Gasteiger partial charge in [-0.3, -0.25) is 0 Å². The Morgan fingerprint density at radius 3 is 2.52 bits per heavy atom. The lowest BCUT2D eigenvalue weighted by Gasteiger charge is -2.17. The second kappa shape index (κ2) is 6.44. The van der Waals surface area contributed by atoms with Gasteiger partial charge in [-0.05, 0) is 51.2 Å². The van der Waals surface area contributed by atoms with E-state index in [2.05, 4.69) is 27.9 Å². The highest BCUT2D eigenvalue weighted by atomic mass is 16.5. The topological polar surface area (TPSA) is 67.2 Å². The Labute approximate surface area is 136 Å². The second-order valence-corrected chi connectivity index (χ2v) is 6.40. The summed E-state index contributed by atoms with van der Waals surface area (Å²) in [7, 11) is 0.